The van der Waals surface area contributed by atoms with Crippen LogP contribution in [-0.4, -0.2) is 252 Å². The molecule has 12 rings (SSSR count). The lowest BCUT2D eigenvalue weighted by Crippen LogP contribution is -2.55. The van der Waals surface area contributed by atoms with Gasteiger partial charge in [0.1, 0.15) is 60.8 Å². The number of hydrogen-bond acceptors (Lipinski definition) is 25. The monoisotopic (exact) mass is 1290 g/mol. The summed E-state index contributed by atoms with van der Waals surface area (Å²) in [5.74, 6) is 4.86. The van der Waals surface area contributed by atoms with Gasteiger partial charge in [0.05, 0.1) is 89.4 Å². The Balaban J connectivity index is 0.683. The Labute approximate surface area is 533 Å². The lowest BCUT2D eigenvalue weighted by Gasteiger charge is -2.42. The Morgan fingerprint density at radius 1 is 0.549 bits per heavy atom. The Kier molecular flexibility index (Phi) is 20.4. The number of ether oxygens (including phenoxy) is 6. The van der Waals surface area contributed by atoms with Gasteiger partial charge in [0.25, 0.3) is 0 Å². The summed E-state index contributed by atoms with van der Waals surface area (Å²) in [6.45, 7) is 16.2. The fourth-order valence-corrected chi connectivity index (χ4v) is 13.8. The molecule has 0 spiro atoms. The van der Waals surface area contributed by atoms with E-state index < -0.39 is 20.0 Å². The SMILES string of the molecule is Cc1nc(N[C@H]2CC[C@@H](Oc3nc(N4CCOC(C5CN(c6cc7ncc(NS(C)(=O)=O)cc7c(O[C@H]7CC[C@@H](Nc8ccc(OCCN9CCN(C)CC9)cn8)CC7)n6)CCO5)C4)cc4ncc(NS(C)(=O)=O)cc34)CC2)ncc1OCCN1CCN(C)CC1. The van der Waals surface area contributed by atoms with Crippen molar-refractivity contribution in [3.63, 3.8) is 0 Å². The number of hydrogen-bond donors (Lipinski definition) is 4. The molecule has 2 atom stereocenters. The standard InChI is InChI=1S/C62H87N17O10S2/c1-42-54(85-29-25-77-22-18-75(3)19-23-77)39-66-62(67-42)69-44-8-12-48(13-9-44)89-61-51-33-46(73-91(5,82)83)37-64-53(51)35-59(71-61)79-27-31-87-56(41-79)55-40-78(26-30-86-55)58-34-52-50(32-45(36-63-52)72-90(4,80)81)60(70-58)88-47-10-6-43(7-11-47)68-57-15-14-49(38-65-57)84-28-24-76-20-16-74(2)17-21-76/h14-15,32-39,43-44,47-48,55-56,72-73H,6-13,16-31,40-41H2,1-5H3,(H,65,68)(H,66,67,69)/t43-,44-,47+,48+,55?,56?. The van der Waals surface area contributed by atoms with Crippen LogP contribution >= 0.6 is 0 Å². The van der Waals surface area contributed by atoms with Crippen molar-refractivity contribution in [2.45, 2.75) is 94.8 Å². The Morgan fingerprint density at radius 2 is 1.04 bits per heavy atom. The van der Waals surface area contributed by atoms with Crippen LogP contribution in [0.5, 0.6) is 23.3 Å². The van der Waals surface area contributed by atoms with Crippen LogP contribution in [0.4, 0.5) is 34.8 Å². The fraction of sp³-hybridized carbons (Fsp3) is 0.597. The van der Waals surface area contributed by atoms with Crippen LogP contribution in [0.2, 0.25) is 0 Å². The van der Waals surface area contributed by atoms with Crippen LogP contribution in [0.15, 0.2) is 61.2 Å². The van der Waals surface area contributed by atoms with Crippen molar-refractivity contribution >= 4 is 76.6 Å². The summed E-state index contributed by atoms with van der Waals surface area (Å²) < 4.78 is 93.4. The molecule has 6 aromatic heterocycles. The maximum atomic E-state index is 12.4. The highest BCUT2D eigenvalue weighted by atomic mass is 32.2. The molecule has 492 valence electrons. The third kappa shape index (κ3) is 17.6. The van der Waals surface area contributed by atoms with Gasteiger partial charge in [-0.3, -0.25) is 29.2 Å². The second kappa shape index (κ2) is 28.9. The average molecular weight is 1290 g/mol. The molecule has 2 aliphatic carbocycles. The number of anilines is 6. The summed E-state index contributed by atoms with van der Waals surface area (Å²) in [5, 5.41) is 8.34. The van der Waals surface area contributed by atoms with Crippen molar-refractivity contribution < 1.29 is 45.3 Å². The van der Waals surface area contributed by atoms with Crippen molar-refractivity contribution in [1.29, 1.82) is 0 Å². The van der Waals surface area contributed by atoms with Crippen molar-refractivity contribution in [2.24, 2.45) is 0 Å². The number of rotatable bonds is 23. The smallest absolute Gasteiger partial charge is 0.229 e. The van der Waals surface area contributed by atoms with Crippen molar-refractivity contribution in [1.82, 2.24) is 54.5 Å². The molecule has 2 saturated carbocycles. The van der Waals surface area contributed by atoms with Crippen LogP contribution in [-0.2, 0) is 29.5 Å². The molecule has 10 heterocycles. The van der Waals surface area contributed by atoms with Gasteiger partial charge in [0.15, 0.2) is 5.75 Å². The molecule has 4 saturated heterocycles. The first-order valence-electron chi connectivity index (χ1n) is 32.0. The van der Waals surface area contributed by atoms with Gasteiger partial charge >= 0.3 is 0 Å². The summed E-state index contributed by atoms with van der Waals surface area (Å²) in [7, 11) is -2.87. The zero-order valence-electron chi connectivity index (χ0n) is 52.8. The van der Waals surface area contributed by atoms with E-state index in [-0.39, 0.29) is 36.5 Å². The lowest BCUT2D eigenvalue weighted by molar-refractivity contribution is -0.0827. The van der Waals surface area contributed by atoms with Crippen LogP contribution < -0.4 is 48.8 Å². The van der Waals surface area contributed by atoms with Crippen molar-refractivity contribution in [3.8, 4) is 23.3 Å². The zero-order chi connectivity index (χ0) is 63.1. The first-order chi connectivity index (χ1) is 43.9. The number of fused-ring (bicyclic) bond motifs is 2. The van der Waals surface area contributed by atoms with E-state index >= 15 is 0 Å². The third-order valence-electron chi connectivity index (χ3n) is 17.9. The Bertz CT molecular complexity index is 3660. The first kappa shape index (κ1) is 64.1. The number of aromatic nitrogens is 7. The molecular weight excluding hydrogens is 1210 g/mol. The molecule has 0 bridgehead atoms. The quantitative estimate of drug-likeness (QED) is 0.0672. The molecule has 0 amide bonds. The first-order valence-corrected chi connectivity index (χ1v) is 35.7. The molecule has 6 fully saturated rings. The zero-order valence-corrected chi connectivity index (χ0v) is 54.5. The molecule has 6 aliphatic rings. The number of pyridine rings is 5. The molecule has 0 aromatic carbocycles. The van der Waals surface area contributed by atoms with Gasteiger partial charge in [-0.15, -0.1) is 0 Å². The number of nitrogens with zero attached hydrogens (tertiary/aromatic N) is 13. The number of piperazine rings is 2. The number of aryl methyl sites for hydroxylation is 1. The van der Waals surface area contributed by atoms with E-state index in [0.29, 0.717) is 121 Å². The van der Waals surface area contributed by atoms with Crippen LogP contribution in [0.3, 0.4) is 0 Å². The van der Waals surface area contributed by atoms with Gasteiger partial charge in [-0.05, 0) is 96.7 Å². The minimum atomic E-state index is -3.60. The second-order valence-corrected chi connectivity index (χ2v) is 28.6. The molecule has 6 aromatic rings. The maximum Gasteiger partial charge on any atom is 0.229 e. The minimum Gasteiger partial charge on any atom is -0.491 e. The Hall–Kier alpha value is -6.99. The van der Waals surface area contributed by atoms with Gasteiger partial charge in [-0.1, -0.05) is 0 Å². The number of nitrogens with one attached hydrogen (secondary N) is 4. The van der Waals surface area contributed by atoms with E-state index in [2.05, 4.69) is 73.5 Å². The normalized spacial score (nSPS) is 23.6. The summed E-state index contributed by atoms with van der Waals surface area (Å²) in [5.41, 5.74) is 2.62. The largest absolute Gasteiger partial charge is 0.491 e. The van der Waals surface area contributed by atoms with Crippen LogP contribution in [0, 0.1) is 6.92 Å². The van der Waals surface area contributed by atoms with Gasteiger partial charge in [-0.2, -0.15) is 9.97 Å². The highest BCUT2D eigenvalue weighted by Gasteiger charge is 2.36. The van der Waals surface area contributed by atoms with Crippen LogP contribution in [0.1, 0.15) is 57.1 Å². The molecule has 27 nitrogen and oxygen atoms in total. The van der Waals surface area contributed by atoms with E-state index in [9.17, 15) is 16.8 Å². The summed E-state index contributed by atoms with van der Waals surface area (Å²) in [4.78, 5) is 47.7. The average Bonchev–Trinajstić information content (AvgIpc) is 1.02. The molecule has 0 radical (unpaired) electrons. The predicted octanol–water partition coefficient (Wildman–Crippen LogP) is 4.78. The molecule has 2 unspecified atom stereocenters. The van der Waals surface area contributed by atoms with Crippen molar-refractivity contribution in [2.75, 3.05) is 175 Å². The molecular formula is C62H87N17O10S2. The topological polar surface area (TPSA) is 281 Å². The van der Waals surface area contributed by atoms with Crippen molar-refractivity contribution in [3.05, 3.63) is 66.9 Å². The van der Waals surface area contributed by atoms with Gasteiger partial charge in [0, 0.05) is 116 Å². The minimum absolute atomic E-state index is 0.134. The molecule has 4 N–H and O–H groups in total. The van der Waals surface area contributed by atoms with E-state index in [1.165, 1.54) is 12.4 Å². The lowest BCUT2D eigenvalue weighted by atomic mass is 9.93. The maximum absolute atomic E-state index is 12.4. The molecule has 91 heavy (non-hydrogen) atoms. The summed E-state index contributed by atoms with van der Waals surface area (Å²) in [6.07, 6.45) is 14.0. The fourth-order valence-electron chi connectivity index (χ4n) is 12.7. The molecule has 4 aliphatic heterocycles. The number of sulfonamides is 2. The van der Waals surface area contributed by atoms with E-state index in [4.69, 9.17) is 53.3 Å². The van der Waals surface area contributed by atoms with E-state index in [1.807, 2.05) is 31.2 Å². The van der Waals surface area contributed by atoms with Crippen LogP contribution in [0.25, 0.3) is 21.8 Å². The number of morpholine rings is 2. The van der Waals surface area contributed by atoms with E-state index in [0.717, 1.165) is 147 Å². The predicted molar refractivity (Wildman–Crippen MR) is 350 cm³/mol. The summed E-state index contributed by atoms with van der Waals surface area (Å²) >= 11 is 0. The summed E-state index contributed by atoms with van der Waals surface area (Å²) in [6, 6.07) is 11.5. The Morgan fingerprint density at radius 3 is 1.52 bits per heavy atom. The highest BCUT2D eigenvalue weighted by Crippen LogP contribution is 2.37. The van der Waals surface area contributed by atoms with Gasteiger partial charge < -0.3 is 58.7 Å². The third-order valence-corrected chi connectivity index (χ3v) is 19.1. The number of likely N-dealkylation sites (N-methyl/N-ethyl adjacent to an activating group) is 2. The second-order valence-electron chi connectivity index (χ2n) is 25.1. The van der Waals surface area contributed by atoms with Gasteiger partial charge in [-0.25, -0.2) is 31.8 Å². The van der Waals surface area contributed by atoms with E-state index in [1.54, 1.807) is 24.5 Å². The highest BCUT2D eigenvalue weighted by molar-refractivity contribution is 7.92. The van der Waals surface area contributed by atoms with Gasteiger partial charge in [0.2, 0.25) is 37.8 Å². The molecule has 29 heteroatoms.